The van der Waals surface area contributed by atoms with Crippen molar-refractivity contribution in [3.05, 3.63) is 29.8 Å². The molecule has 7 nitrogen and oxygen atoms in total. The molecule has 1 N–H and O–H groups in total. The fourth-order valence-corrected chi connectivity index (χ4v) is 3.03. The summed E-state index contributed by atoms with van der Waals surface area (Å²) in [5, 5.41) is 2.71. The molecule has 0 bridgehead atoms. The highest BCUT2D eigenvalue weighted by atomic mass is 16.6. The van der Waals surface area contributed by atoms with Crippen molar-refractivity contribution in [1.82, 2.24) is 4.90 Å². The number of rotatable bonds is 4. The molecule has 1 aromatic carbocycles. The first-order valence-electron chi connectivity index (χ1n) is 9.93. The van der Waals surface area contributed by atoms with Crippen LogP contribution in [0.15, 0.2) is 24.3 Å². The molecule has 1 fully saturated rings. The first-order chi connectivity index (χ1) is 13.4. The predicted octanol–water partition coefficient (Wildman–Crippen LogP) is 3.87. The van der Waals surface area contributed by atoms with Gasteiger partial charge in [0.05, 0.1) is 0 Å². The Labute approximate surface area is 172 Å². The summed E-state index contributed by atoms with van der Waals surface area (Å²) < 4.78 is 10.5. The number of carbonyl (C=O) groups excluding carboxylic acids is 3. The number of nitrogens with zero attached hydrogens (tertiary/aromatic N) is 1. The molecule has 2 rings (SSSR count). The number of ether oxygens (including phenoxy) is 2. The molecule has 1 atom stereocenters. The summed E-state index contributed by atoms with van der Waals surface area (Å²) in [5.74, 6) is -1.02. The standard InChI is InChI=1S/C22H32N2O5/c1-21(2,3)15-9-11-16(12-10-15)23-18(25)14-28-19(26)17-8-7-13-24(17)20(27)29-22(4,5)6/h9-12,17H,7-8,13-14H2,1-6H3,(H,23,25)/t17-/m0/s1. The van der Waals surface area contributed by atoms with Crippen molar-refractivity contribution in [2.24, 2.45) is 0 Å². The van der Waals surface area contributed by atoms with E-state index in [0.29, 0.717) is 25.1 Å². The molecular weight excluding hydrogens is 372 g/mol. The quantitative estimate of drug-likeness (QED) is 0.770. The number of carbonyl (C=O) groups is 3. The predicted molar refractivity (Wildman–Crippen MR) is 111 cm³/mol. The summed E-state index contributed by atoms with van der Waals surface area (Å²) >= 11 is 0. The van der Waals surface area contributed by atoms with Crippen molar-refractivity contribution in [1.29, 1.82) is 0 Å². The van der Waals surface area contributed by atoms with Crippen LogP contribution in [-0.2, 0) is 24.5 Å². The van der Waals surface area contributed by atoms with Gasteiger partial charge in [0, 0.05) is 12.2 Å². The zero-order chi connectivity index (χ0) is 21.8. The van der Waals surface area contributed by atoms with E-state index in [-0.39, 0.29) is 5.41 Å². The molecule has 29 heavy (non-hydrogen) atoms. The van der Waals surface area contributed by atoms with E-state index in [4.69, 9.17) is 9.47 Å². The highest BCUT2D eigenvalue weighted by Crippen LogP contribution is 2.24. The molecule has 0 aliphatic carbocycles. The highest BCUT2D eigenvalue weighted by Gasteiger charge is 2.37. The Bertz CT molecular complexity index is 744. The van der Waals surface area contributed by atoms with Crippen molar-refractivity contribution >= 4 is 23.7 Å². The van der Waals surface area contributed by atoms with Crippen LogP contribution in [0.2, 0.25) is 0 Å². The van der Waals surface area contributed by atoms with Crippen LogP contribution in [0.4, 0.5) is 10.5 Å². The molecule has 7 heteroatoms. The van der Waals surface area contributed by atoms with E-state index in [0.717, 1.165) is 5.56 Å². The number of hydrogen-bond acceptors (Lipinski definition) is 5. The van der Waals surface area contributed by atoms with Crippen LogP contribution in [0.5, 0.6) is 0 Å². The number of anilines is 1. The Morgan fingerprint density at radius 1 is 1.07 bits per heavy atom. The minimum absolute atomic E-state index is 0.0271. The van der Waals surface area contributed by atoms with Gasteiger partial charge < -0.3 is 14.8 Å². The van der Waals surface area contributed by atoms with Gasteiger partial charge in [-0.2, -0.15) is 0 Å². The lowest BCUT2D eigenvalue weighted by Gasteiger charge is -2.27. The maximum Gasteiger partial charge on any atom is 0.411 e. The number of benzene rings is 1. The number of hydrogen-bond donors (Lipinski definition) is 1. The molecule has 0 spiro atoms. The van der Waals surface area contributed by atoms with Gasteiger partial charge in [0.15, 0.2) is 6.61 Å². The van der Waals surface area contributed by atoms with E-state index in [9.17, 15) is 14.4 Å². The van der Waals surface area contributed by atoms with Gasteiger partial charge in [-0.3, -0.25) is 9.69 Å². The van der Waals surface area contributed by atoms with E-state index in [1.165, 1.54) is 4.90 Å². The molecule has 1 aliphatic rings. The second-order valence-corrected chi connectivity index (χ2v) is 9.31. The van der Waals surface area contributed by atoms with E-state index < -0.39 is 36.2 Å². The van der Waals surface area contributed by atoms with Gasteiger partial charge in [0.2, 0.25) is 0 Å². The lowest BCUT2D eigenvalue weighted by atomic mass is 9.87. The van der Waals surface area contributed by atoms with Crippen molar-refractivity contribution in [2.75, 3.05) is 18.5 Å². The van der Waals surface area contributed by atoms with Gasteiger partial charge >= 0.3 is 12.1 Å². The minimum atomic E-state index is -0.719. The van der Waals surface area contributed by atoms with Crippen LogP contribution in [0.1, 0.15) is 59.9 Å². The normalized spacial score (nSPS) is 17.0. The molecular formula is C22H32N2O5. The maximum absolute atomic E-state index is 12.4. The van der Waals surface area contributed by atoms with Crippen LogP contribution >= 0.6 is 0 Å². The number of amides is 2. The third-order valence-corrected chi connectivity index (χ3v) is 4.53. The van der Waals surface area contributed by atoms with E-state index in [2.05, 4.69) is 26.1 Å². The summed E-state index contributed by atoms with van der Waals surface area (Å²) in [6.07, 6.45) is 0.639. The Morgan fingerprint density at radius 3 is 2.24 bits per heavy atom. The average molecular weight is 405 g/mol. The molecule has 1 heterocycles. The molecule has 0 saturated carbocycles. The molecule has 1 saturated heterocycles. The van der Waals surface area contributed by atoms with Gasteiger partial charge in [-0.15, -0.1) is 0 Å². The first kappa shape index (κ1) is 22.7. The monoisotopic (exact) mass is 404 g/mol. The van der Waals surface area contributed by atoms with Gasteiger partial charge in [-0.05, 0) is 56.7 Å². The number of nitrogens with one attached hydrogen (secondary N) is 1. The second-order valence-electron chi connectivity index (χ2n) is 9.31. The summed E-state index contributed by atoms with van der Waals surface area (Å²) in [4.78, 5) is 38.2. The molecule has 1 aliphatic heterocycles. The fraction of sp³-hybridized carbons (Fsp3) is 0.591. The van der Waals surface area contributed by atoms with Crippen LogP contribution in [0.3, 0.4) is 0 Å². The van der Waals surface area contributed by atoms with E-state index in [1.54, 1.807) is 20.8 Å². The van der Waals surface area contributed by atoms with Crippen LogP contribution in [0, 0.1) is 0 Å². The van der Waals surface area contributed by atoms with E-state index >= 15 is 0 Å². The number of likely N-dealkylation sites (tertiary alicyclic amines) is 1. The second kappa shape index (κ2) is 8.84. The molecule has 2 amide bonds. The van der Waals surface area contributed by atoms with Gasteiger partial charge in [0.1, 0.15) is 11.6 Å². The zero-order valence-electron chi connectivity index (χ0n) is 18.2. The van der Waals surface area contributed by atoms with Gasteiger partial charge in [-0.1, -0.05) is 32.9 Å². The average Bonchev–Trinajstić information content (AvgIpc) is 3.08. The maximum atomic E-state index is 12.4. The molecule has 0 unspecified atom stereocenters. The summed E-state index contributed by atoms with van der Waals surface area (Å²) in [7, 11) is 0. The van der Waals surface area contributed by atoms with Gasteiger partial charge in [-0.25, -0.2) is 9.59 Å². The van der Waals surface area contributed by atoms with E-state index in [1.807, 2.05) is 24.3 Å². The zero-order valence-corrected chi connectivity index (χ0v) is 18.2. The van der Waals surface area contributed by atoms with Crippen molar-refractivity contribution in [3.63, 3.8) is 0 Å². The Morgan fingerprint density at radius 2 is 1.69 bits per heavy atom. The molecule has 0 aromatic heterocycles. The fourth-order valence-electron chi connectivity index (χ4n) is 3.03. The molecule has 160 valence electrons. The number of esters is 1. The lowest BCUT2D eigenvalue weighted by molar-refractivity contribution is -0.151. The molecule has 1 aromatic rings. The topological polar surface area (TPSA) is 84.9 Å². The van der Waals surface area contributed by atoms with Crippen LogP contribution < -0.4 is 5.32 Å². The Balaban J connectivity index is 1.86. The van der Waals surface area contributed by atoms with Crippen LogP contribution in [-0.4, -0.2) is 47.7 Å². The lowest BCUT2D eigenvalue weighted by Crippen LogP contribution is -2.44. The van der Waals surface area contributed by atoms with Gasteiger partial charge in [0.25, 0.3) is 5.91 Å². The largest absolute Gasteiger partial charge is 0.454 e. The molecule has 0 radical (unpaired) electrons. The Kier molecular flexibility index (Phi) is 6.93. The SMILES string of the molecule is CC(C)(C)OC(=O)N1CCC[C@H]1C(=O)OCC(=O)Nc1ccc(C(C)(C)C)cc1. The third-order valence-electron chi connectivity index (χ3n) is 4.53. The minimum Gasteiger partial charge on any atom is -0.454 e. The summed E-state index contributed by atoms with van der Waals surface area (Å²) in [6.45, 7) is 11.7. The highest BCUT2D eigenvalue weighted by molar-refractivity contribution is 5.93. The smallest absolute Gasteiger partial charge is 0.411 e. The van der Waals surface area contributed by atoms with Crippen molar-refractivity contribution in [3.8, 4) is 0 Å². The third kappa shape index (κ3) is 6.76. The van der Waals surface area contributed by atoms with Crippen molar-refractivity contribution < 1.29 is 23.9 Å². The Hall–Kier alpha value is -2.57. The van der Waals surface area contributed by atoms with Crippen molar-refractivity contribution in [2.45, 2.75) is 71.4 Å². The first-order valence-corrected chi connectivity index (χ1v) is 9.93. The van der Waals surface area contributed by atoms with Crippen LogP contribution in [0.25, 0.3) is 0 Å². The summed E-state index contributed by atoms with van der Waals surface area (Å²) in [5.41, 5.74) is 1.18. The summed E-state index contributed by atoms with van der Waals surface area (Å²) in [6, 6.07) is 6.84.